The minimum absolute atomic E-state index is 0. The Hall–Kier alpha value is -0.620. The van der Waals surface area contributed by atoms with Gasteiger partial charge in [0.2, 0.25) is 10.0 Å². The van der Waals surface area contributed by atoms with E-state index in [0.29, 0.717) is 4.90 Å². The zero-order valence-electron chi connectivity index (χ0n) is 12.1. The maximum atomic E-state index is 12.3. The first-order valence-corrected chi connectivity index (χ1v) is 7.38. The second kappa shape index (κ2) is 6.22. The molecule has 1 aromatic carbocycles. The molecule has 1 rings (SSSR count). The summed E-state index contributed by atoms with van der Waals surface area (Å²) >= 11 is 0. The molecular weight excluding hydrogens is 284 g/mol. The first-order chi connectivity index (χ1) is 8.03. The summed E-state index contributed by atoms with van der Waals surface area (Å²) in [5, 5.41) is 0. The van der Waals surface area contributed by atoms with Gasteiger partial charge in [0.15, 0.2) is 0 Å². The number of nitrogens with one attached hydrogen (secondary N) is 1. The zero-order valence-corrected chi connectivity index (χ0v) is 13.7. The number of nitrogens with two attached hydrogens (primary N) is 1. The highest BCUT2D eigenvalue weighted by Crippen LogP contribution is 2.21. The molecule has 0 saturated carbocycles. The van der Waals surface area contributed by atoms with E-state index in [4.69, 9.17) is 5.73 Å². The lowest BCUT2D eigenvalue weighted by Crippen LogP contribution is -2.45. The fraction of sp³-hybridized carbons (Fsp3) is 0.538. The molecule has 19 heavy (non-hydrogen) atoms. The lowest BCUT2D eigenvalue weighted by molar-refractivity contribution is 0.497. The third-order valence-electron chi connectivity index (χ3n) is 2.59. The molecule has 110 valence electrons. The SMILES string of the molecule is Cc1cc(C)c(S(=O)(=O)NCC(C)(C)N)c(C)c1.Cl. The highest BCUT2D eigenvalue weighted by Gasteiger charge is 2.22. The molecule has 0 aromatic heterocycles. The second-order valence-electron chi connectivity index (χ2n) is 5.54. The topological polar surface area (TPSA) is 72.2 Å². The van der Waals surface area contributed by atoms with Crippen LogP contribution in [0.5, 0.6) is 0 Å². The minimum Gasteiger partial charge on any atom is -0.324 e. The number of hydrogen-bond donors (Lipinski definition) is 2. The minimum atomic E-state index is -3.50. The monoisotopic (exact) mass is 306 g/mol. The van der Waals surface area contributed by atoms with Gasteiger partial charge in [-0.3, -0.25) is 0 Å². The second-order valence-corrected chi connectivity index (χ2v) is 7.24. The molecule has 0 atom stereocenters. The Kier molecular flexibility index (Phi) is 6.02. The Morgan fingerprint density at radius 1 is 1.16 bits per heavy atom. The number of rotatable bonds is 4. The van der Waals surface area contributed by atoms with Crippen molar-refractivity contribution in [2.24, 2.45) is 5.73 Å². The Morgan fingerprint density at radius 2 is 1.58 bits per heavy atom. The van der Waals surface area contributed by atoms with E-state index >= 15 is 0 Å². The number of hydrogen-bond acceptors (Lipinski definition) is 3. The van der Waals surface area contributed by atoms with Crippen LogP contribution in [0.1, 0.15) is 30.5 Å². The maximum absolute atomic E-state index is 12.3. The molecule has 0 saturated heterocycles. The third kappa shape index (κ3) is 5.10. The van der Waals surface area contributed by atoms with E-state index in [1.807, 2.05) is 32.9 Å². The van der Waals surface area contributed by atoms with Crippen molar-refractivity contribution >= 4 is 22.4 Å². The molecule has 0 radical (unpaired) electrons. The highest BCUT2D eigenvalue weighted by molar-refractivity contribution is 7.89. The molecule has 1 aromatic rings. The maximum Gasteiger partial charge on any atom is 0.241 e. The van der Waals surface area contributed by atoms with Gasteiger partial charge < -0.3 is 5.73 Å². The third-order valence-corrected chi connectivity index (χ3v) is 4.30. The van der Waals surface area contributed by atoms with Crippen molar-refractivity contribution in [3.05, 3.63) is 28.8 Å². The number of aryl methyl sites for hydroxylation is 3. The van der Waals surface area contributed by atoms with Crippen LogP contribution in [0, 0.1) is 20.8 Å². The summed E-state index contributed by atoms with van der Waals surface area (Å²) in [5.41, 5.74) is 7.80. The van der Waals surface area contributed by atoms with Crippen LogP contribution in [0.15, 0.2) is 17.0 Å². The van der Waals surface area contributed by atoms with Crippen molar-refractivity contribution in [1.82, 2.24) is 4.72 Å². The van der Waals surface area contributed by atoms with E-state index in [1.165, 1.54) is 0 Å². The van der Waals surface area contributed by atoms with Gasteiger partial charge in [-0.1, -0.05) is 17.7 Å². The highest BCUT2D eigenvalue weighted by atomic mass is 35.5. The van der Waals surface area contributed by atoms with E-state index in [-0.39, 0.29) is 19.0 Å². The van der Waals surface area contributed by atoms with Crippen molar-refractivity contribution in [3.8, 4) is 0 Å². The summed E-state index contributed by atoms with van der Waals surface area (Å²) < 4.78 is 27.1. The predicted octanol–water partition coefficient (Wildman–Crippen LogP) is 2.05. The molecular formula is C13H23ClN2O2S. The van der Waals surface area contributed by atoms with Gasteiger partial charge in [-0.05, 0) is 45.7 Å². The molecule has 0 aliphatic heterocycles. The molecule has 4 nitrogen and oxygen atoms in total. The summed E-state index contributed by atoms with van der Waals surface area (Å²) in [7, 11) is -3.50. The zero-order chi connectivity index (χ0) is 14.1. The average Bonchev–Trinajstić information content (AvgIpc) is 2.11. The molecule has 0 aliphatic carbocycles. The smallest absolute Gasteiger partial charge is 0.241 e. The van der Waals surface area contributed by atoms with Crippen molar-refractivity contribution in [1.29, 1.82) is 0 Å². The molecule has 3 N–H and O–H groups in total. The number of sulfonamides is 1. The fourth-order valence-corrected chi connectivity index (χ4v) is 3.62. The molecule has 0 amide bonds. The molecule has 6 heteroatoms. The lowest BCUT2D eigenvalue weighted by Gasteiger charge is -2.20. The first-order valence-electron chi connectivity index (χ1n) is 5.89. The quantitative estimate of drug-likeness (QED) is 0.894. The number of benzene rings is 1. The van der Waals surface area contributed by atoms with Gasteiger partial charge in [-0.2, -0.15) is 0 Å². The molecule has 0 aliphatic rings. The fourth-order valence-electron chi connectivity index (χ4n) is 1.94. The predicted molar refractivity (Wildman–Crippen MR) is 81.4 cm³/mol. The van der Waals surface area contributed by atoms with Crippen LogP contribution in [0.2, 0.25) is 0 Å². The average molecular weight is 307 g/mol. The number of halogens is 1. The van der Waals surface area contributed by atoms with Crippen LogP contribution in [0.3, 0.4) is 0 Å². The van der Waals surface area contributed by atoms with E-state index < -0.39 is 15.6 Å². The Bertz CT molecular complexity index is 525. The van der Waals surface area contributed by atoms with Gasteiger partial charge in [0.05, 0.1) is 4.90 Å². The molecule has 0 heterocycles. The van der Waals surface area contributed by atoms with E-state index in [1.54, 1.807) is 13.8 Å². The van der Waals surface area contributed by atoms with Crippen LogP contribution in [0.4, 0.5) is 0 Å². The summed E-state index contributed by atoms with van der Waals surface area (Å²) in [5.74, 6) is 0. The van der Waals surface area contributed by atoms with E-state index in [0.717, 1.165) is 16.7 Å². The van der Waals surface area contributed by atoms with Gasteiger partial charge in [-0.15, -0.1) is 12.4 Å². The lowest BCUT2D eigenvalue weighted by atomic mass is 10.1. The molecule has 0 bridgehead atoms. The van der Waals surface area contributed by atoms with Gasteiger partial charge in [0.25, 0.3) is 0 Å². The summed E-state index contributed by atoms with van der Waals surface area (Å²) in [4.78, 5) is 0.359. The summed E-state index contributed by atoms with van der Waals surface area (Å²) in [6.45, 7) is 9.34. The Morgan fingerprint density at radius 3 is 1.95 bits per heavy atom. The van der Waals surface area contributed by atoms with Gasteiger partial charge >= 0.3 is 0 Å². The molecule has 0 spiro atoms. The Balaban J connectivity index is 0.00000324. The molecule has 0 fully saturated rings. The van der Waals surface area contributed by atoms with Crippen LogP contribution in [-0.4, -0.2) is 20.5 Å². The van der Waals surface area contributed by atoms with Crippen molar-refractivity contribution in [2.75, 3.05) is 6.54 Å². The van der Waals surface area contributed by atoms with Crippen LogP contribution in [0.25, 0.3) is 0 Å². The van der Waals surface area contributed by atoms with Gasteiger partial charge in [-0.25, -0.2) is 13.1 Å². The van der Waals surface area contributed by atoms with Gasteiger partial charge in [0.1, 0.15) is 0 Å². The largest absolute Gasteiger partial charge is 0.324 e. The van der Waals surface area contributed by atoms with Gasteiger partial charge in [0, 0.05) is 12.1 Å². The summed E-state index contributed by atoms with van der Waals surface area (Å²) in [6.07, 6.45) is 0. The Labute approximate surface area is 122 Å². The first kappa shape index (κ1) is 18.4. The normalized spacial score (nSPS) is 12.1. The van der Waals surface area contributed by atoms with Crippen molar-refractivity contribution in [3.63, 3.8) is 0 Å². The van der Waals surface area contributed by atoms with E-state index in [2.05, 4.69) is 4.72 Å². The van der Waals surface area contributed by atoms with Crippen molar-refractivity contribution in [2.45, 2.75) is 45.1 Å². The molecule has 0 unspecified atom stereocenters. The van der Waals surface area contributed by atoms with Crippen LogP contribution >= 0.6 is 12.4 Å². The van der Waals surface area contributed by atoms with Crippen LogP contribution in [-0.2, 0) is 10.0 Å². The van der Waals surface area contributed by atoms with Crippen LogP contribution < -0.4 is 10.5 Å². The standard InChI is InChI=1S/C13H22N2O2S.ClH/c1-9-6-10(2)12(11(3)7-9)18(16,17)15-8-13(4,5)14;/h6-7,15H,8,14H2,1-5H3;1H. The van der Waals surface area contributed by atoms with E-state index in [9.17, 15) is 8.42 Å². The van der Waals surface area contributed by atoms with Crippen molar-refractivity contribution < 1.29 is 8.42 Å². The summed E-state index contributed by atoms with van der Waals surface area (Å²) in [6, 6.07) is 3.74.